The second-order valence-electron chi connectivity index (χ2n) is 4.20. The van der Waals surface area contributed by atoms with E-state index in [1.165, 1.54) is 29.7 Å². The van der Waals surface area contributed by atoms with E-state index in [4.69, 9.17) is 9.47 Å². The van der Waals surface area contributed by atoms with E-state index in [9.17, 15) is 8.78 Å². The summed E-state index contributed by atoms with van der Waals surface area (Å²) in [6.07, 6.45) is 1.53. The van der Waals surface area contributed by atoms with Crippen LogP contribution in [0.3, 0.4) is 0 Å². The third kappa shape index (κ3) is 1.81. The van der Waals surface area contributed by atoms with Crippen molar-refractivity contribution in [2.75, 3.05) is 32.2 Å². The highest BCUT2D eigenvalue weighted by Gasteiger charge is 2.45. The van der Waals surface area contributed by atoms with Gasteiger partial charge in [-0.25, -0.2) is 8.78 Å². The minimum atomic E-state index is -2.67. The van der Waals surface area contributed by atoms with Crippen LogP contribution in [0.1, 0.15) is 0 Å². The van der Waals surface area contributed by atoms with Crippen LogP contribution in [0.5, 0.6) is 11.8 Å². The molecular weight excluding hydrogens is 260 g/mol. The molecule has 0 spiro atoms. The summed E-state index contributed by atoms with van der Waals surface area (Å²) in [4.78, 5) is 5.48. The summed E-state index contributed by atoms with van der Waals surface area (Å²) in [6, 6.07) is 0. The van der Waals surface area contributed by atoms with Crippen molar-refractivity contribution in [3.8, 4) is 11.8 Å². The normalized spacial score (nSPS) is 17.4. The molecule has 0 aliphatic carbocycles. The van der Waals surface area contributed by atoms with E-state index >= 15 is 0 Å². The standard InChI is InChI=1S/C10H11F2N5O2/c1-18-6-3-17-7(8(13-6)19-2)14-15-9(17)16-4-10(11,12)5-16/h3H,4-5H2,1-2H3. The van der Waals surface area contributed by atoms with E-state index in [0.29, 0.717) is 11.6 Å². The maximum atomic E-state index is 12.9. The summed E-state index contributed by atoms with van der Waals surface area (Å²) in [5.74, 6) is -1.84. The Kier molecular flexibility index (Phi) is 2.44. The van der Waals surface area contributed by atoms with Crippen LogP contribution in [0.15, 0.2) is 6.20 Å². The van der Waals surface area contributed by atoms with Crippen LogP contribution < -0.4 is 14.4 Å². The Morgan fingerprint density at radius 1 is 1.21 bits per heavy atom. The first-order chi connectivity index (χ1) is 9.04. The number of anilines is 1. The predicted octanol–water partition coefficient (Wildman–Crippen LogP) is 0.597. The maximum absolute atomic E-state index is 12.9. The molecule has 1 aliphatic rings. The topological polar surface area (TPSA) is 64.8 Å². The third-order valence-corrected chi connectivity index (χ3v) is 2.85. The van der Waals surface area contributed by atoms with E-state index in [2.05, 4.69) is 15.2 Å². The van der Waals surface area contributed by atoms with Crippen molar-refractivity contribution in [2.24, 2.45) is 0 Å². The quantitative estimate of drug-likeness (QED) is 0.814. The lowest BCUT2D eigenvalue weighted by atomic mass is 10.2. The molecule has 3 heterocycles. The van der Waals surface area contributed by atoms with Crippen molar-refractivity contribution in [2.45, 2.75) is 5.92 Å². The SMILES string of the molecule is COc1cn2c(N3CC(F)(F)C3)nnc2c(OC)n1. The molecule has 0 atom stereocenters. The Bertz CT molecular complexity index is 622. The fourth-order valence-electron chi connectivity index (χ4n) is 1.94. The lowest BCUT2D eigenvalue weighted by Crippen LogP contribution is -2.57. The van der Waals surface area contributed by atoms with Crippen LogP contribution in [0, 0.1) is 0 Å². The monoisotopic (exact) mass is 271 g/mol. The van der Waals surface area contributed by atoms with Gasteiger partial charge < -0.3 is 14.4 Å². The number of methoxy groups -OCH3 is 2. The number of halogens is 2. The molecule has 0 unspecified atom stereocenters. The second kappa shape index (κ2) is 3.90. The van der Waals surface area contributed by atoms with Gasteiger partial charge in [0.05, 0.1) is 33.5 Å². The molecule has 3 rings (SSSR count). The molecular formula is C10H11F2N5O2. The molecule has 0 amide bonds. The Morgan fingerprint density at radius 3 is 2.53 bits per heavy atom. The molecule has 9 heteroatoms. The highest BCUT2D eigenvalue weighted by Crippen LogP contribution is 2.32. The Hall–Kier alpha value is -2.19. The van der Waals surface area contributed by atoms with E-state index in [-0.39, 0.29) is 24.8 Å². The molecule has 0 radical (unpaired) electrons. The zero-order valence-corrected chi connectivity index (χ0v) is 10.3. The van der Waals surface area contributed by atoms with Crippen molar-refractivity contribution in [3.63, 3.8) is 0 Å². The largest absolute Gasteiger partial charge is 0.480 e. The van der Waals surface area contributed by atoms with E-state index in [1.54, 1.807) is 0 Å². The number of ether oxygens (including phenoxy) is 2. The Labute approximate surface area is 106 Å². The molecule has 0 N–H and O–H groups in total. The summed E-state index contributed by atoms with van der Waals surface area (Å²) >= 11 is 0. The van der Waals surface area contributed by atoms with Crippen LogP contribution in [0.2, 0.25) is 0 Å². The van der Waals surface area contributed by atoms with Gasteiger partial charge in [0.25, 0.3) is 11.8 Å². The Balaban J connectivity index is 2.07. The van der Waals surface area contributed by atoms with Gasteiger partial charge in [0.2, 0.25) is 17.5 Å². The van der Waals surface area contributed by atoms with Crippen molar-refractivity contribution in [3.05, 3.63) is 6.20 Å². The molecule has 19 heavy (non-hydrogen) atoms. The Morgan fingerprint density at radius 2 is 1.95 bits per heavy atom. The second-order valence-corrected chi connectivity index (χ2v) is 4.20. The van der Waals surface area contributed by atoms with Crippen molar-refractivity contribution >= 4 is 11.6 Å². The number of nitrogens with zero attached hydrogens (tertiary/aromatic N) is 5. The average Bonchev–Trinajstić information content (AvgIpc) is 2.77. The molecule has 2 aromatic rings. The number of hydrogen-bond donors (Lipinski definition) is 0. The lowest BCUT2D eigenvalue weighted by Gasteiger charge is -2.38. The number of aromatic nitrogens is 4. The molecule has 0 saturated carbocycles. The van der Waals surface area contributed by atoms with Gasteiger partial charge in [0.1, 0.15) is 0 Å². The van der Waals surface area contributed by atoms with Crippen LogP contribution in [0.25, 0.3) is 5.65 Å². The fourth-order valence-corrected chi connectivity index (χ4v) is 1.94. The van der Waals surface area contributed by atoms with Crippen molar-refractivity contribution in [1.29, 1.82) is 0 Å². The first-order valence-electron chi connectivity index (χ1n) is 5.50. The lowest BCUT2D eigenvalue weighted by molar-refractivity contribution is -0.0272. The smallest absolute Gasteiger partial charge is 0.282 e. The zero-order valence-electron chi connectivity index (χ0n) is 10.3. The molecule has 0 aromatic carbocycles. The van der Waals surface area contributed by atoms with Crippen LogP contribution in [-0.2, 0) is 0 Å². The first kappa shape index (κ1) is 11.9. The minimum Gasteiger partial charge on any atom is -0.480 e. The molecule has 1 aliphatic heterocycles. The first-order valence-corrected chi connectivity index (χ1v) is 5.50. The van der Waals surface area contributed by atoms with Gasteiger partial charge in [0, 0.05) is 0 Å². The summed E-state index contributed by atoms with van der Waals surface area (Å²) in [5, 5.41) is 7.80. The highest BCUT2D eigenvalue weighted by molar-refractivity contribution is 5.56. The van der Waals surface area contributed by atoms with E-state index < -0.39 is 5.92 Å². The predicted molar refractivity (Wildman–Crippen MR) is 61.0 cm³/mol. The van der Waals surface area contributed by atoms with E-state index in [1.807, 2.05) is 0 Å². The van der Waals surface area contributed by atoms with Gasteiger partial charge in [-0.05, 0) is 0 Å². The van der Waals surface area contributed by atoms with Gasteiger partial charge in [-0.1, -0.05) is 0 Å². The number of hydrogen-bond acceptors (Lipinski definition) is 6. The van der Waals surface area contributed by atoms with Crippen LogP contribution >= 0.6 is 0 Å². The van der Waals surface area contributed by atoms with Crippen LogP contribution in [-0.4, -0.2) is 52.8 Å². The third-order valence-electron chi connectivity index (χ3n) is 2.85. The number of rotatable bonds is 3. The summed E-state index contributed by atoms with van der Waals surface area (Å²) < 4.78 is 37.5. The summed E-state index contributed by atoms with van der Waals surface area (Å²) in [5.41, 5.74) is 0.355. The zero-order chi connectivity index (χ0) is 13.6. The van der Waals surface area contributed by atoms with Crippen molar-refractivity contribution in [1.82, 2.24) is 19.6 Å². The number of alkyl halides is 2. The van der Waals surface area contributed by atoms with Gasteiger partial charge in [-0.15, -0.1) is 10.2 Å². The van der Waals surface area contributed by atoms with E-state index in [0.717, 1.165) is 0 Å². The fraction of sp³-hybridized carbons (Fsp3) is 0.500. The van der Waals surface area contributed by atoms with Gasteiger partial charge in [0.15, 0.2) is 0 Å². The highest BCUT2D eigenvalue weighted by atomic mass is 19.3. The summed E-state index contributed by atoms with van der Waals surface area (Å²) in [7, 11) is 2.89. The van der Waals surface area contributed by atoms with Crippen molar-refractivity contribution < 1.29 is 18.3 Å². The van der Waals surface area contributed by atoms with Crippen LogP contribution in [0.4, 0.5) is 14.7 Å². The van der Waals surface area contributed by atoms with Gasteiger partial charge >= 0.3 is 0 Å². The molecule has 7 nitrogen and oxygen atoms in total. The maximum Gasteiger partial charge on any atom is 0.282 e. The summed E-state index contributed by atoms with van der Waals surface area (Å²) in [6.45, 7) is -0.749. The molecule has 2 aromatic heterocycles. The van der Waals surface area contributed by atoms with Gasteiger partial charge in [-0.2, -0.15) is 4.98 Å². The molecule has 0 bridgehead atoms. The molecule has 1 saturated heterocycles. The number of fused-ring (bicyclic) bond motifs is 1. The minimum absolute atomic E-state index is 0.227. The molecule has 1 fully saturated rings. The molecule has 102 valence electrons. The average molecular weight is 271 g/mol. The van der Waals surface area contributed by atoms with Gasteiger partial charge in [-0.3, -0.25) is 4.40 Å².